The molecule has 3 aromatic rings. The van der Waals surface area contributed by atoms with Crippen molar-refractivity contribution in [2.24, 2.45) is 5.92 Å². The number of thioether (sulfide) groups is 1. The van der Waals surface area contributed by atoms with Crippen molar-refractivity contribution in [1.82, 2.24) is 10.2 Å². The molecule has 0 heterocycles. The predicted molar refractivity (Wildman–Crippen MR) is 168 cm³/mol. The zero-order valence-corrected chi connectivity index (χ0v) is 26.9. The van der Waals surface area contributed by atoms with E-state index in [1.165, 1.54) is 28.8 Å². The van der Waals surface area contributed by atoms with E-state index in [0.717, 1.165) is 14.8 Å². The van der Waals surface area contributed by atoms with Crippen molar-refractivity contribution in [3.8, 4) is 0 Å². The molecule has 3 aromatic carbocycles. The first-order chi connectivity index (χ1) is 19.3. The first kappa shape index (κ1) is 32.8. The average molecular weight is 637 g/mol. The van der Waals surface area contributed by atoms with E-state index in [4.69, 9.17) is 23.2 Å². The largest absolute Gasteiger partial charge is 0.354 e. The lowest BCUT2D eigenvalue weighted by Crippen LogP contribution is -2.51. The number of halogens is 2. The van der Waals surface area contributed by atoms with Crippen LogP contribution in [0.1, 0.15) is 31.9 Å². The number of nitrogens with zero attached hydrogens (tertiary/aromatic N) is 2. The van der Waals surface area contributed by atoms with Gasteiger partial charge in [-0.1, -0.05) is 60.8 Å². The van der Waals surface area contributed by atoms with Crippen LogP contribution in [-0.4, -0.2) is 50.5 Å². The number of benzene rings is 3. The zero-order chi connectivity index (χ0) is 30.3. The number of sulfonamides is 1. The molecule has 0 aliphatic heterocycles. The molecule has 0 unspecified atom stereocenters. The number of nitrogens with one attached hydrogen (secondary N) is 1. The fourth-order valence-corrected chi connectivity index (χ4v) is 6.34. The minimum atomic E-state index is -4.15. The number of amides is 2. The Labute approximate surface area is 257 Å². The van der Waals surface area contributed by atoms with Gasteiger partial charge in [0.2, 0.25) is 11.8 Å². The molecule has 1 atom stereocenters. The molecule has 7 nitrogen and oxygen atoms in total. The summed E-state index contributed by atoms with van der Waals surface area (Å²) in [5.74, 6) is -0.751. The molecule has 2 amide bonds. The standard InChI is InChI=1S/C30H35Cl2N3O4S2/c1-20(2)17-33-30(37)22(4)34(18-26-27(31)7-6-8-28(26)32)29(36)19-35(23-11-9-21(3)10-12-23)41(38,39)25-15-13-24(40-5)14-16-25/h6-16,20,22H,17-19H2,1-5H3,(H,33,37)/t22-/m1/s1. The van der Waals surface area contributed by atoms with Gasteiger partial charge in [-0.3, -0.25) is 13.9 Å². The predicted octanol–water partition coefficient (Wildman–Crippen LogP) is 6.41. The summed E-state index contributed by atoms with van der Waals surface area (Å²) >= 11 is 14.4. The van der Waals surface area contributed by atoms with Crippen molar-refractivity contribution < 1.29 is 18.0 Å². The van der Waals surface area contributed by atoms with E-state index in [0.29, 0.717) is 27.8 Å². The average Bonchev–Trinajstić information content (AvgIpc) is 2.94. The number of rotatable bonds is 12. The summed E-state index contributed by atoms with van der Waals surface area (Å²) < 4.78 is 29.0. The van der Waals surface area contributed by atoms with E-state index in [-0.39, 0.29) is 23.3 Å². The van der Waals surface area contributed by atoms with Gasteiger partial charge in [0, 0.05) is 33.6 Å². The molecule has 220 valence electrons. The molecule has 3 rings (SSSR count). The van der Waals surface area contributed by atoms with Gasteiger partial charge in [0.1, 0.15) is 12.6 Å². The molecule has 0 bridgehead atoms. The Morgan fingerprint density at radius 2 is 1.51 bits per heavy atom. The Hall–Kier alpha value is -2.72. The van der Waals surface area contributed by atoms with Crippen molar-refractivity contribution in [2.45, 2.75) is 50.1 Å². The molecule has 0 aliphatic rings. The first-order valence-electron chi connectivity index (χ1n) is 13.1. The van der Waals surface area contributed by atoms with Crippen LogP contribution >= 0.6 is 35.0 Å². The van der Waals surface area contributed by atoms with Crippen LogP contribution in [0, 0.1) is 12.8 Å². The maximum absolute atomic E-state index is 14.0. The van der Waals surface area contributed by atoms with Crippen LogP contribution < -0.4 is 9.62 Å². The Bertz CT molecular complexity index is 1440. The molecule has 0 aromatic heterocycles. The van der Waals surface area contributed by atoms with E-state index in [9.17, 15) is 18.0 Å². The van der Waals surface area contributed by atoms with Crippen LogP contribution in [0.5, 0.6) is 0 Å². The summed E-state index contributed by atoms with van der Waals surface area (Å²) in [4.78, 5) is 29.4. The minimum absolute atomic E-state index is 0.0482. The summed E-state index contributed by atoms with van der Waals surface area (Å²) in [6.45, 7) is 7.22. The van der Waals surface area contributed by atoms with Gasteiger partial charge in [0.25, 0.3) is 10.0 Å². The lowest BCUT2D eigenvalue weighted by Gasteiger charge is -2.32. The molecule has 11 heteroatoms. The second-order valence-corrected chi connectivity index (χ2v) is 13.6. The summed E-state index contributed by atoms with van der Waals surface area (Å²) in [5, 5.41) is 3.53. The third-order valence-electron chi connectivity index (χ3n) is 6.49. The van der Waals surface area contributed by atoms with Crippen molar-refractivity contribution in [2.75, 3.05) is 23.7 Å². The highest BCUT2D eigenvalue weighted by molar-refractivity contribution is 7.98. The molecular weight excluding hydrogens is 601 g/mol. The van der Waals surface area contributed by atoms with Gasteiger partial charge in [-0.15, -0.1) is 11.8 Å². The molecular formula is C30H35Cl2N3O4S2. The smallest absolute Gasteiger partial charge is 0.264 e. The van der Waals surface area contributed by atoms with Gasteiger partial charge in [-0.25, -0.2) is 8.42 Å². The topological polar surface area (TPSA) is 86.8 Å². The van der Waals surface area contributed by atoms with Gasteiger partial charge in [0.05, 0.1) is 10.6 Å². The summed E-state index contributed by atoms with van der Waals surface area (Å²) in [6, 6.07) is 17.4. The third-order valence-corrected chi connectivity index (χ3v) is 9.73. The molecule has 0 saturated heterocycles. The summed E-state index contributed by atoms with van der Waals surface area (Å²) in [6.07, 6.45) is 1.90. The van der Waals surface area contributed by atoms with Crippen LogP contribution in [-0.2, 0) is 26.2 Å². The maximum Gasteiger partial charge on any atom is 0.264 e. The van der Waals surface area contributed by atoms with Crippen LogP contribution in [0.2, 0.25) is 10.0 Å². The highest BCUT2D eigenvalue weighted by Crippen LogP contribution is 2.29. The monoisotopic (exact) mass is 635 g/mol. The number of hydrogen-bond donors (Lipinski definition) is 1. The van der Waals surface area contributed by atoms with E-state index in [2.05, 4.69) is 5.32 Å². The lowest BCUT2D eigenvalue weighted by molar-refractivity contribution is -0.139. The molecule has 0 spiro atoms. The van der Waals surface area contributed by atoms with Gasteiger partial charge in [-0.2, -0.15) is 0 Å². The molecule has 0 aliphatic carbocycles. The van der Waals surface area contributed by atoms with E-state index in [1.54, 1.807) is 61.5 Å². The molecule has 0 saturated carbocycles. The van der Waals surface area contributed by atoms with Gasteiger partial charge in [0.15, 0.2) is 0 Å². The van der Waals surface area contributed by atoms with Gasteiger partial charge >= 0.3 is 0 Å². The lowest BCUT2D eigenvalue weighted by atomic mass is 10.1. The second-order valence-electron chi connectivity index (χ2n) is 10.1. The third kappa shape index (κ3) is 8.41. The van der Waals surface area contributed by atoms with Crippen molar-refractivity contribution in [1.29, 1.82) is 0 Å². The van der Waals surface area contributed by atoms with Crippen molar-refractivity contribution in [3.05, 3.63) is 87.9 Å². The normalized spacial score (nSPS) is 12.2. The summed E-state index contributed by atoms with van der Waals surface area (Å²) in [5.41, 5.74) is 1.72. The first-order valence-corrected chi connectivity index (χ1v) is 16.5. The van der Waals surface area contributed by atoms with Gasteiger partial charge in [-0.05, 0) is 74.6 Å². The Morgan fingerprint density at radius 3 is 2.05 bits per heavy atom. The number of aryl methyl sites for hydroxylation is 1. The highest BCUT2D eigenvalue weighted by Gasteiger charge is 2.33. The maximum atomic E-state index is 14.0. The number of carbonyl (C=O) groups excluding carboxylic acids is 2. The highest BCUT2D eigenvalue weighted by atomic mass is 35.5. The SMILES string of the molecule is CSc1ccc(S(=O)(=O)N(CC(=O)N(Cc2c(Cl)cccc2Cl)[C@H](C)C(=O)NCC(C)C)c2ccc(C)cc2)cc1. The molecule has 1 N–H and O–H groups in total. The van der Waals surface area contributed by atoms with Crippen LogP contribution in [0.4, 0.5) is 5.69 Å². The fraction of sp³-hybridized carbons (Fsp3) is 0.333. The molecule has 0 radical (unpaired) electrons. The van der Waals surface area contributed by atoms with E-state index in [1.807, 2.05) is 27.0 Å². The van der Waals surface area contributed by atoms with Gasteiger partial charge < -0.3 is 10.2 Å². The second kappa shape index (κ2) is 14.4. The molecule has 41 heavy (non-hydrogen) atoms. The minimum Gasteiger partial charge on any atom is -0.354 e. The Morgan fingerprint density at radius 1 is 0.927 bits per heavy atom. The molecule has 0 fully saturated rings. The van der Waals surface area contributed by atoms with E-state index < -0.39 is 28.5 Å². The van der Waals surface area contributed by atoms with Crippen LogP contribution in [0.15, 0.2) is 76.5 Å². The Kier molecular flexibility index (Phi) is 11.6. The quantitative estimate of drug-likeness (QED) is 0.232. The van der Waals surface area contributed by atoms with E-state index >= 15 is 0 Å². The number of hydrogen-bond acceptors (Lipinski definition) is 5. The van der Waals surface area contributed by atoms with Crippen LogP contribution in [0.25, 0.3) is 0 Å². The number of carbonyl (C=O) groups is 2. The Balaban J connectivity index is 2.05. The number of anilines is 1. The summed E-state index contributed by atoms with van der Waals surface area (Å²) in [7, 11) is -4.15. The van der Waals surface area contributed by atoms with Crippen molar-refractivity contribution >= 4 is 62.5 Å². The van der Waals surface area contributed by atoms with Crippen LogP contribution in [0.3, 0.4) is 0 Å². The zero-order valence-electron chi connectivity index (χ0n) is 23.7. The fourth-order valence-electron chi connectivity index (χ4n) is 4.00. The van der Waals surface area contributed by atoms with Crippen molar-refractivity contribution in [3.63, 3.8) is 0 Å².